The van der Waals surface area contributed by atoms with E-state index < -0.39 is 0 Å². The molecule has 4 rings (SSSR count). The number of nitrogens with zero attached hydrogens (tertiary/aromatic N) is 4. The Morgan fingerprint density at radius 1 is 1.17 bits per heavy atom. The summed E-state index contributed by atoms with van der Waals surface area (Å²) in [6.45, 7) is 2.18. The van der Waals surface area contributed by atoms with Crippen molar-refractivity contribution < 1.29 is 9.26 Å². The van der Waals surface area contributed by atoms with Crippen LogP contribution in [0.3, 0.4) is 0 Å². The molecule has 1 aromatic carbocycles. The second-order valence-electron chi connectivity index (χ2n) is 4.93. The fourth-order valence-corrected chi connectivity index (χ4v) is 2.98. The average molecular weight is 324 g/mol. The van der Waals surface area contributed by atoms with Gasteiger partial charge in [-0.25, -0.2) is 9.97 Å². The Kier molecular flexibility index (Phi) is 3.47. The van der Waals surface area contributed by atoms with Crippen LogP contribution in [0, 0.1) is 6.92 Å². The predicted octanol–water partition coefficient (Wildman–Crippen LogP) is 3.63. The van der Waals surface area contributed by atoms with Crippen molar-refractivity contribution in [1.82, 2.24) is 20.1 Å². The van der Waals surface area contributed by atoms with E-state index in [1.165, 1.54) is 6.33 Å². The smallest absolute Gasteiger partial charge is 0.264 e. The molecule has 0 radical (unpaired) electrons. The number of aryl methyl sites for hydroxylation is 1. The topological polar surface area (TPSA) is 73.9 Å². The van der Waals surface area contributed by atoms with Crippen molar-refractivity contribution >= 4 is 21.6 Å². The molecule has 23 heavy (non-hydrogen) atoms. The third-order valence-electron chi connectivity index (χ3n) is 3.41. The van der Waals surface area contributed by atoms with Crippen LogP contribution < -0.4 is 4.74 Å². The molecular formula is C16H12N4O2S. The summed E-state index contributed by atoms with van der Waals surface area (Å²) in [4.78, 5) is 13.6. The minimum atomic E-state index is 0.168. The maximum Gasteiger partial charge on any atom is 0.264 e. The largest absolute Gasteiger partial charge is 0.467 e. The van der Waals surface area contributed by atoms with Crippen molar-refractivity contribution in [1.29, 1.82) is 0 Å². The van der Waals surface area contributed by atoms with Gasteiger partial charge in [-0.3, -0.25) is 0 Å². The van der Waals surface area contributed by atoms with Crippen LogP contribution in [-0.2, 0) is 6.61 Å². The summed E-state index contributed by atoms with van der Waals surface area (Å²) in [5.41, 5.74) is 2.04. The van der Waals surface area contributed by atoms with E-state index in [0.717, 1.165) is 21.3 Å². The lowest BCUT2D eigenvalue weighted by molar-refractivity contribution is 0.238. The molecule has 114 valence electrons. The van der Waals surface area contributed by atoms with E-state index in [-0.39, 0.29) is 6.61 Å². The van der Waals surface area contributed by atoms with Gasteiger partial charge in [-0.15, -0.1) is 11.3 Å². The van der Waals surface area contributed by atoms with E-state index in [0.29, 0.717) is 17.6 Å². The van der Waals surface area contributed by atoms with Crippen LogP contribution in [0.2, 0.25) is 0 Å². The number of ether oxygens (including phenoxy) is 1. The number of benzene rings is 1. The zero-order valence-electron chi connectivity index (χ0n) is 12.3. The lowest BCUT2D eigenvalue weighted by atomic mass is 10.1. The molecule has 0 saturated carbocycles. The van der Waals surface area contributed by atoms with E-state index in [1.54, 1.807) is 11.3 Å². The Bertz CT molecular complexity index is 963. The number of aromatic nitrogens is 4. The first-order valence-corrected chi connectivity index (χ1v) is 7.89. The Morgan fingerprint density at radius 2 is 2.09 bits per heavy atom. The van der Waals surface area contributed by atoms with Gasteiger partial charge in [-0.2, -0.15) is 4.98 Å². The van der Waals surface area contributed by atoms with Gasteiger partial charge in [0.1, 0.15) is 11.2 Å². The third kappa shape index (κ3) is 2.66. The average Bonchev–Trinajstić information content (AvgIpc) is 3.22. The number of rotatable bonds is 4. The first kappa shape index (κ1) is 13.8. The molecule has 0 fully saturated rings. The highest BCUT2D eigenvalue weighted by molar-refractivity contribution is 7.16. The molecule has 0 saturated heterocycles. The molecule has 6 nitrogen and oxygen atoms in total. The third-order valence-corrected chi connectivity index (χ3v) is 4.23. The van der Waals surface area contributed by atoms with Crippen molar-refractivity contribution in [2.24, 2.45) is 0 Å². The van der Waals surface area contributed by atoms with Gasteiger partial charge in [0.2, 0.25) is 11.7 Å². The lowest BCUT2D eigenvalue weighted by Gasteiger charge is -2.02. The monoisotopic (exact) mass is 324 g/mol. The van der Waals surface area contributed by atoms with Crippen LogP contribution in [0.5, 0.6) is 5.88 Å². The summed E-state index contributed by atoms with van der Waals surface area (Å²) in [5, 5.41) is 6.85. The summed E-state index contributed by atoms with van der Waals surface area (Å²) in [7, 11) is 0. The second kappa shape index (κ2) is 5.77. The Morgan fingerprint density at radius 3 is 3.00 bits per heavy atom. The molecule has 0 amide bonds. The summed E-state index contributed by atoms with van der Waals surface area (Å²) in [6, 6.07) is 9.83. The van der Waals surface area contributed by atoms with Gasteiger partial charge >= 0.3 is 0 Å². The molecule has 0 aliphatic heterocycles. The van der Waals surface area contributed by atoms with E-state index in [4.69, 9.17) is 9.26 Å². The van der Waals surface area contributed by atoms with E-state index in [9.17, 15) is 0 Å². The standard InChI is InChI=1S/C16H12N4O2S/c1-10-4-2-3-5-11(10)14-19-13(22-20-14)8-21-15-12-6-7-23-16(12)18-9-17-15/h2-7,9H,8H2,1H3. The van der Waals surface area contributed by atoms with Crippen molar-refractivity contribution in [3.8, 4) is 17.3 Å². The van der Waals surface area contributed by atoms with Crippen LogP contribution in [0.4, 0.5) is 0 Å². The molecule has 0 aliphatic rings. The van der Waals surface area contributed by atoms with Gasteiger partial charge in [-0.05, 0) is 23.9 Å². The molecule has 0 bridgehead atoms. The Balaban J connectivity index is 1.54. The molecule has 3 heterocycles. The van der Waals surface area contributed by atoms with Gasteiger partial charge in [0.25, 0.3) is 5.89 Å². The van der Waals surface area contributed by atoms with Crippen LogP contribution in [0.15, 0.2) is 46.6 Å². The molecule has 0 spiro atoms. The Labute approximate surface area is 135 Å². The summed E-state index contributed by atoms with van der Waals surface area (Å²) in [6.07, 6.45) is 1.49. The highest BCUT2D eigenvalue weighted by Gasteiger charge is 2.12. The molecule has 3 aromatic heterocycles. The van der Waals surface area contributed by atoms with Gasteiger partial charge in [0, 0.05) is 5.56 Å². The maximum atomic E-state index is 5.70. The van der Waals surface area contributed by atoms with Gasteiger partial charge in [0.05, 0.1) is 5.39 Å². The minimum Gasteiger partial charge on any atom is -0.467 e. The number of hydrogen-bond donors (Lipinski definition) is 0. The SMILES string of the molecule is Cc1ccccc1-c1noc(COc2ncnc3sccc23)n1. The summed E-state index contributed by atoms with van der Waals surface area (Å²) < 4.78 is 11.0. The zero-order chi connectivity index (χ0) is 15.6. The van der Waals surface area contributed by atoms with Crippen molar-refractivity contribution in [3.63, 3.8) is 0 Å². The second-order valence-corrected chi connectivity index (χ2v) is 5.83. The number of fused-ring (bicyclic) bond motifs is 1. The fraction of sp³-hybridized carbons (Fsp3) is 0.125. The van der Waals surface area contributed by atoms with Crippen molar-refractivity contribution in [3.05, 3.63) is 53.5 Å². The van der Waals surface area contributed by atoms with E-state index in [2.05, 4.69) is 20.1 Å². The van der Waals surface area contributed by atoms with Gasteiger partial charge < -0.3 is 9.26 Å². The van der Waals surface area contributed by atoms with Gasteiger partial charge in [0.15, 0.2) is 6.61 Å². The molecule has 4 aromatic rings. The van der Waals surface area contributed by atoms with Crippen LogP contribution in [0.1, 0.15) is 11.5 Å². The summed E-state index contributed by atoms with van der Waals surface area (Å²) in [5.74, 6) is 1.49. The van der Waals surface area contributed by atoms with E-state index >= 15 is 0 Å². The quantitative estimate of drug-likeness (QED) is 0.571. The van der Waals surface area contributed by atoms with Crippen LogP contribution in [0.25, 0.3) is 21.6 Å². The summed E-state index contributed by atoms with van der Waals surface area (Å²) >= 11 is 1.54. The van der Waals surface area contributed by atoms with Crippen molar-refractivity contribution in [2.45, 2.75) is 13.5 Å². The Hall–Kier alpha value is -2.80. The maximum absolute atomic E-state index is 5.70. The lowest BCUT2D eigenvalue weighted by Crippen LogP contribution is -1.98. The first-order valence-electron chi connectivity index (χ1n) is 7.01. The fourth-order valence-electron chi connectivity index (χ4n) is 2.26. The predicted molar refractivity (Wildman–Crippen MR) is 86.2 cm³/mol. The molecule has 0 unspecified atom stereocenters. The van der Waals surface area contributed by atoms with E-state index in [1.807, 2.05) is 42.6 Å². The first-order chi connectivity index (χ1) is 11.3. The minimum absolute atomic E-state index is 0.168. The number of hydrogen-bond acceptors (Lipinski definition) is 7. The molecule has 7 heteroatoms. The molecule has 0 N–H and O–H groups in total. The van der Waals surface area contributed by atoms with Crippen LogP contribution in [-0.4, -0.2) is 20.1 Å². The molecular weight excluding hydrogens is 312 g/mol. The highest BCUT2D eigenvalue weighted by Crippen LogP contribution is 2.26. The van der Waals surface area contributed by atoms with Crippen molar-refractivity contribution in [2.75, 3.05) is 0 Å². The normalized spacial score (nSPS) is 11.0. The number of thiophene rings is 1. The van der Waals surface area contributed by atoms with Crippen LogP contribution >= 0.6 is 11.3 Å². The zero-order valence-corrected chi connectivity index (χ0v) is 13.1. The highest BCUT2D eigenvalue weighted by atomic mass is 32.1. The molecule has 0 aliphatic carbocycles. The molecule has 0 atom stereocenters. The van der Waals surface area contributed by atoms with Gasteiger partial charge in [-0.1, -0.05) is 29.4 Å².